The Balaban J connectivity index is 1.75. The quantitative estimate of drug-likeness (QED) is 0.407. The SMILES string of the molecule is COC(=O)CCCN1C(=S)N[C@H](c2ccccn2)[C@@H]1c1cc(C)n(-c2cccc(F)c2)c1C. The number of hydrogen-bond acceptors (Lipinski definition) is 4. The summed E-state index contributed by atoms with van der Waals surface area (Å²) in [5.74, 6) is -0.517. The zero-order chi connectivity index (χ0) is 23.5. The van der Waals surface area contributed by atoms with E-state index in [2.05, 4.69) is 25.8 Å². The summed E-state index contributed by atoms with van der Waals surface area (Å²) >= 11 is 5.71. The molecule has 1 aliphatic heterocycles. The number of carbonyl (C=O) groups is 1. The predicted octanol–water partition coefficient (Wildman–Crippen LogP) is 4.55. The predicted molar refractivity (Wildman–Crippen MR) is 129 cm³/mol. The topological polar surface area (TPSA) is 59.4 Å². The number of rotatable bonds is 7. The van der Waals surface area contributed by atoms with Crippen molar-refractivity contribution in [3.05, 3.63) is 83.2 Å². The summed E-state index contributed by atoms with van der Waals surface area (Å²) in [6.07, 6.45) is 2.70. The number of methoxy groups -OCH3 is 1. The van der Waals surface area contributed by atoms with Crippen molar-refractivity contribution in [2.75, 3.05) is 13.7 Å². The van der Waals surface area contributed by atoms with Crippen LogP contribution in [0.1, 0.15) is 47.6 Å². The van der Waals surface area contributed by atoms with Gasteiger partial charge in [-0.15, -0.1) is 0 Å². The first-order valence-electron chi connectivity index (χ1n) is 10.9. The minimum atomic E-state index is -0.277. The van der Waals surface area contributed by atoms with Crippen LogP contribution in [0.5, 0.6) is 0 Å². The van der Waals surface area contributed by atoms with Gasteiger partial charge in [0.05, 0.1) is 24.9 Å². The van der Waals surface area contributed by atoms with Gasteiger partial charge in [0.15, 0.2) is 5.11 Å². The van der Waals surface area contributed by atoms with E-state index in [1.807, 2.05) is 38.1 Å². The number of nitrogens with zero attached hydrogens (tertiary/aromatic N) is 3. The lowest BCUT2D eigenvalue weighted by molar-refractivity contribution is -0.140. The van der Waals surface area contributed by atoms with Crippen molar-refractivity contribution >= 4 is 23.3 Å². The van der Waals surface area contributed by atoms with E-state index in [0.29, 0.717) is 24.5 Å². The molecule has 0 radical (unpaired) electrons. The maximum absolute atomic E-state index is 14.0. The smallest absolute Gasteiger partial charge is 0.305 e. The van der Waals surface area contributed by atoms with Gasteiger partial charge in [0, 0.05) is 36.2 Å². The van der Waals surface area contributed by atoms with E-state index >= 15 is 0 Å². The number of benzene rings is 1. The van der Waals surface area contributed by atoms with Crippen molar-refractivity contribution < 1.29 is 13.9 Å². The Morgan fingerprint density at radius 1 is 1.21 bits per heavy atom. The molecule has 1 fully saturated rings. The summed E-state index contributed by atoms with van der Waals surface area (Å²) in [4.78, 5) is 18.4. The molecule has 3 aromatic rings. The normalized spacial score (nSPS) is 17.8. The van der Waals surface area contributed by atoms with Crippen LogP contribution in [-0.4, -0.2) is 39.2 Å². The van der Waals surface area contributed by atoms with Crippen LogP contribution >= 0.6 is 12.2 Å². The van der Waals surface area contributed by atoms with E-state index in [1.165, 1.54) is 19.2 Å². The number of pyridine rings is 1. The van der Waals surface area contributed by atoms with Crippen LogP contribution in [-0.2, 0) is 9.53 Å². The molecule has 0 unspecified atom stereocenters. The van der Waals surface area contributed by atoms with Gasteiger partial charge in [0.25, 0.3) is 0 Å². The fraction of sp³-hybridized carbons (Fsp3) is 0.320. The Bertz CT molecular complexity index is 1160. The molecule has 0 amide bonds. The minimum Gasteiger partial charge on any atom is -0.469 e. The van der Waals surface area contributed by atoms with Crippen LogP contribution in [0, 0.1) is 19.7 Å². The molecule has 172 valence electrons. The summed E-state index contributed by atoms with van der Waals surface area (Å²) in [6, 6.07) is 14.3. The Morgan fingerprint density at radius 3 is 2.73 bits per heavy atom. The molecule has 33 heavy (non-hydrogen) atoms. The second-order valence-corrected chi connectivity index (χ2v) is 8.53. The Kier molecular flexibility index (Phi) is 6.74. The van der Waals surface area contributed by atoms with Gasteiger partial charge in [0.1, 0.15) is 5.82 Å². The summed E-state index contributed by atoms with van der Waals surface area (Å²) < 4.78 is 20.8. The monoisotopic (exact) mass is 466 g/mol. The summed E-state index contributed by atoms with van der Waals surface area (Å²) in [5.41, 5.74) is 4.75. The van der Waals surface area contributed by atoms with Gasteiger partial charge in [-0.05, 0) is 74.4 Å². The molecule has 1 saturated heterocycles. The van der Waals surface area contributed by atoms with Crippen molar-refractivity contribution in [2.45, 2.75) is 38.8 Å². The van der Waals surface area contributed by atoms with Crippen LogP contribution < -0.4 is 5.32 Å². The van der Waals surface area contributed by atoms with Crippen molar-refractivity contribution in [1.82, 2.24) is 19.8 Å². The molecule has 0 spiro atoms. The molecule has 8 heteroatoms. The summed E-state index contributed by atoms with van der Waals surface area (Å²) in [5, 5.41) is 4.06. The Labute approximate surface area is 198 Å². The zero-order valence-electron chi connectivity index (χ0n) is 18.9. The lowest BCUT2D eigenvalue weighted by atomic mass is 9.96. The average molecular weight is 467 g/mol. The van der Waals surface area contributed by atoms with Crippen LogP contribution in [0.4, 0.5) is 4.39 Å². The fourth-order valence-corrected chi connectivity index (χ4v) is 4.91. The molecular weight excluding hydrogens is 439 g/mol. The number of thiocarbonyl (C=S) groups is 1. The van der Waals surface area contributed by atoms with Gasteiger partial charge in [-0.1, -0.05) is 12.1 Å². The number of nitrogens with one attached hydrogen (secondary N) is 1. The van der Waals surface area contributed by atoms with Crippen LogP contribution in [0.2, 0.25) is 0 Å². The number of aromatic nitrogens is 2. The van der Waals surface area contributed by atoms with E-state index in [0.717, 1.165) is 28.3 Å². The maximum Gasteiger partial charge on any atom is 0.305 e. The number of ether oxygens (including phenoxy) is 1. The number of carbonyl (C=O) groups excluding carboxylic acids is 1. The molecule has 1 aliphatic rings. The van der Waals surface area contributed by atoms with Crippen LogP contribution in [0.3, 0.4) is 0 Å². The maximum atomic E-state index is 14.0. The van der Waals surface area contributed by atoms with Crippen LogP contribution in [0.25, 0.3) is 5.69 Å². The lowest BCUT2D eigenvalue weighted by Gasteiger charge is -2.28. The summed E-state index contributed by atoms with van der Waals surface area (Å²) in [6.45, 7) is 4.65. The molecule has 1 aromatic carbocycles. The Morgan fingerprint density at radius 2 is 2.03 bits per heavy atom. The average Bonchev–Trinajstić information content (AvgIpc) is 3.29. The second kappa shape index (κ2) is 9.70. The van der Waals surface area contributed by atoms with Crippen molar-refractivity contribution in [3.8, 4) is 5.69 Å². The highest BCUT2D eigenvalue weighted by Gasteiger charge is 2.41. The molecule has 0 bridgehead atoms. The lowest BCUT2D eigenvalue weighted by Crippen LogP contribution is -2.31. The number of aryl methyl sites for hydroxylation is 1. The number of halogens is 1. The first-order chi connectivity index (χ1) is 15.9. The molecule has 2 atom stereocenters. The molecule has 1 N–H and O–H groups in total. The summed E-state index contributed by atoms with van der Waals surface area (Å²) in [7, 11) is 1.39. The molecule has 0 saturated carbocycles. The highest BCUT2D eigenvalue weighted by molar-refractivity contribution is 7.80. The van der Waals surface area contributed by atoms with E-state index in [1.54, 1.807) is 12.3 Å². The Hall–Kier alpha value is -3.26. The molecular formula is C25H27FN4O2S. The third kappa shape index (κ3) is 4.61. The first kappa shape index (κ1) is 22.9. The third-order valence-electron chi connectivity index (χ3n) is 6.06. The number of esters is 1. The van der Waals surface area contributed by atoms with Gasteiger partial charge in [-0.3, -0.25) is 9.78 Å². The second-order valence-electron chi connectivity index (χ2n) is 8.14. The molecule has 3 heterocycles. The fourth-order valence-electron chi connectivity index (χ4n) is 4.58. The molecule has 4 rings (SSSR count). The van der Waals surface area contributed by atoms with Gasteiger partial charge in [-0.25, -0.2) is 4.39 Å². The van der Waals surface area contributed by atoms with E-state index in [9.17, 15) is 9.18 Å². The highest BCUT2D eigenvalue weighted by atomic mass is 32.1. The molecule has 6 nitrogen and oxygen atoms in total. The van der Waals surface area contributed by atoms with Crippen molar-refractivity contribution in [1.29, 1.82) is 0 Å². The van der Waals surface area contributed by atoms with Gasteiger partial charge < -0.3 is 19.5 Å². The number of hydrogen-bond donors (Lipinski definition) is 1. The van der Waals surface area contributed by atoms with Crippen molar-refractivity contribution in [3.63, 3.8) is 0 Å². The first-order valence-corrected chi connectivity index (χ1v) is 11.3. The standard InChI is InChI=1S/C25H27FN4O2S/c1-16-14-20(17(2)30(16)19-9-6-8-18(26)15-19)24-23(21-10-4-5-12-27-21)28-25(33)29(24)13-7-11-22(31)32-3/h4-6,8-10,12,14-15,23-24H,7,11,13H2,1-3H3,(H,28,33)/t23-,24+/m1/s1. The van der Waals surface area contributed by atoms with E-state index in [4.69, 9.17) is 17.0 Å². The van der Waals surface area contributed by atoms with Gasteiger partial charge in [0.2, 0.25) is 0 Å². The van der Waals surface area contributed by atoms with Crippen LogP contribution in [0.15, 0.2) is 54.7 Å². The van der Waals surface area contributed by atoms with E-state index < -0.39 is 0 Å². The van der Waals surface area contributed by atoms with Gasteiger partial charge >= 0.3 is 5.97 Å². The van der Waals surface area contributed by atoms with E-state index in [-0.39, 0.29) is 23.9 Å². The third-order valence-corrected chi connectivity index (χ3v) is 6.41. The highest BCUT2D eigenvalue weighted by Crippen LogP contribution is 2.41. The largest absolute Gasteiger partial charge is 0.469 e. The zero-order valence-corrected chi connectivity index (χ0v) is 19.7. The molecule has 0 aliphatic carbocycles. The van der Waals surface area contributed by atoms with Gasteiger partial charge in [-0.2, -0.15) is 0 Å². The van der Waals surface area contributed by atoms with Crippen molar-refractivity contribution in [2.24, 2.45) is 0 Å². The minimum absolute atomic E-state index is 0.126. The molecule has 2 aromatic heterocycles.